The summed E-state index contributed by atoms with van der Waals surface area (Å²) in [7, 11) is 0. The molecule has 0 spiro atoms. The lowest BCUT2D eigenvalue weighted by molar-refractivity contribution is -0.387. The highest BCUT2D eigenvalue weighted by atomic mass is 32.1. The van der Waals surface area contributed by atoms with Crippen LogP contribution in [0.15, 0.2) is 36.4 Å². The topological polar surface area (TPSA) is 67.2 Å². The molecule has 0 radical (unpaired) electrons. The fraction of sp³-hybridized carbons (Fsp3) is 0.133. The minimum Gasteiger partial charge on any atom is -0.332 e. The van der Waals surface area contributed by atoms with Crippen LogP contribution in [0.5, 0.6) is 0 Å². The maximum absolute atomic E-state index is 13.3. The van der Waals surface area contributed by atoms with E-state index in [1.807, 2.05) is 32.0 Å². The van der Waals surface area contributed by atoms with Gasteiger partial charge in [0.1, 0.15) is 0 Å². The van der Waals surface area contributed by atoms with Crippen molar-refractivity contribution in [1.29, 1.82) is 0 Å². The smallest absolute Gasteiger partial charge is 0.306 e. The van der Waals surface area contributed by atoms with E-state index in [1.54, 1.807) is 0 Å². The molecule has 0 fully saturated rings. The highest BCUT2D eigenvalue weighted by molar-refractivity contribution is 7.80. The van der Waals surface area contributed by atoms with Gasteiger partial charge in [0.15, 0.2) is 5.11 Å². The summed E-state index contributed by atoms with van der Waals surface area (Å²) in [5.74, 6) is -0.885. The summed E-state index contributed by atoms with van der Waals surface area (Å²) in [5, 5.41) is 16.8. The summed E-state index contributed by atoms with van der Waals surface area (Å²) < 4.78 is 13.3. The van der Waals surface area contributed by atoms with E-state index in [1.165, 1.54) is 6.07 Å². The van der Waals surface area contributed by atoms with Crippen LogP contribution in [-0.2, 0) is 0 Å². The lowest BCUT2D eigenvalue weighted by atomic mass is 10.1. The number of nitro benzene ring substituents is 1. The second-order valence-electron chi connectivity index (χ2n) is 4.75. The van der Waals surface area contributed by atoms with Crippen LogP contribution >= 0.6 is 12.2 Å². The maximum Gasteiger partial charge on any atom is 0.306 e. The quantitative estimate of drug-likeness (QED) is 0.505. The minimum absolute atomic E-state index is 0.273. The Morgan fingerprint density at radius 1 is 1.23 bits per heavy atom. The molecule has 0 amide bonds. The molecule has 0 aliphatic carbocycles. The van der Waals surface area contributed by atoms with Crippen molar-refractivity contribution in [2.75, 3.05) is 10.6 Å². The molecule has 0 aliphatic heterocycles. The molecule has 0 bridgehead atoms. The molecule has 114 valence electrons. The largest absolute Gasteiger partial charge is 0.332 e. The number of hydrogen-bond donors (Lipinski definition) is 2. The average molecular weight is 319 g/mol. The predicted octanol–water partition coefficient (Wildman–Crippen LogP) is 4.16. The van der Waals surface area contributed by atoms with Crippen molar-refractivity contribution in [2.24, 2.45) is 0 Å². The Balaban J connectivity index is 2.14. The van der Waals surface area contributed by atoms with Gasteiger partial charge in [-0.2, -0.15) is 4.39 Å². The normalized spacial score (nSPS) is 10.1. The van der Waals surface area contributed by atoms with E-state index in [0.717, 1.165) is 28.9 Å². The first-order valence-corrected chi connectivity index (χ1v) is 6.87. The van der Waals surface area contributed by atoms with E-state index >= 15 is 0 Å². The summed E-state index contributed by atoms with van der Waals surface area (Å²) in [4.78, 5) is 9.95. The zero-order valence-corrected chi connectivity index (χ0v) is 12.8. The molecule has 0 unspecified atom stereocenters. The molecule has 7 heteroatoms. The number of aryl methyl sites for hydroxylation is 1. The monoisotopic (exact) mass is 319 g/mol. The van der Waals surface area contributed by atoms with Gasteiger partial charge in [-0.25, -0.2) is 0 Å². The highest BCUT2D eigenvalue weighted by Crippen LogP contribution is 2.22. The number of rotatable bonds is 3. The first-order chi connectivity index (χ1) is 10.4. The van der Waals surface area contributed by atoms with Crippen molar-refractivity contribution in [3.05, 3.63) is 63.5 Å². The number of nitro groups is 1. The Bertz CT molecular complexity index is 750. The van der Waals surface area contributed by atoms with Crippen LogP contribution in [0.4, 0.5) is 21.5 Å². The molecule has 0 aliphatic rings. The zero-order valence-electron chi connectivity index (χ0n) is 12.0. The van der Waals surface area contributed by atoms with Crippen molar-refractivity contribution in [3.63, 3.8) is 0 Å². The van der Waals surface area contributed by atoms with Gasteiger partial charge in [0.25, 0.3) is 0 Å². The molecule has 0 heterocycles. The fourth-order valence-corrected chi connectivity index (χ4v) is 2.13. The van der Waals surface area contributed by atoms with Crippen molar-refractivity contribution >= 4 is 34.4 Å². The summed E-state index contributed by atoms with van der Waals surface area (Å²) >= 11 is 5.18. The number of nitrogens with one attached hydrogen (secondary N) is 2. The van der Waals surface area contributed by atoms with Crippen LogP contribution in [0, 0.1) is 29.8 Å². The molecule has 0 atom stereocenters. The van der Waals surface area contributed by atoms with Gasteiger partial charge in [0, 0.05) is 17.4 Å². The second kappa shape index (κ2) is 6.48. The Kier molecular flexibility index (Phi) is 4.67. The molecule has 0 saturated heterocycles. The molecular weight excluding hydrogens is 305 g/mol. The van der Waals surface area contributed by atoms with Gasteiger partial charge < -0.3 is 10.6 Å². The Morgan fingerprint density at radius 3 is 2.64 bits per heavy atom. The number of anilines is 2. The van der Waals surface area contributed by atoms with Crippen LogP contribution in [0.25, 0.3) is 0 Å². The van der Waals surface area contributed by atoms with Gasteiger partial charge >= 0.3 is 5.69 Å². The van der Waals surface area contributed by atoms with Gasteiger partial charge in [0.2, 0.25) is 5.82 Å². The van der Waals surface area contributed by atoms with Crippen molar-refractivity contribution < 1.29 is 9.31 Å². The van der Waals surface area contributed by atoms with E-state index < -0.39 is 16.4 Å². The van der Waals surface area contributed by atoms with Gasteiger partial charge in [0.05, 0.1) is 4.92 Å². The Hall–Kier alpha value is -2.54. The predicted molar refractivity (Wildman–Crippen MR) is 88.8 cm³/mol. The minimum atomic E-state index is -0.885. The Morgan fingerprint density at radius 2 is 1.95 bits per heavy atom. The summed E-state index contributed by atoms with van der Waals surface area (Å²) in [6, 6.07) is 9.28. The van der Waals surface area contributed by atoms with Crippen molar-refractivity contribution in [2.45, 2.75) is 13.8 Å². The van der Waals surface area contributed by atoms with E-state index in [2.05, 4.69) is 10.6 Å². The van der Waals surface area contributed by atoms with Crippen LogP contribution in [0.1, 0.15) is 11.1 Å². The first-order valence-electron chi connectivity index (χ1n) is 6.46. The third kappa shape index (κ3) is 3.56. The molecule has 0 saturated carbocycles. The summed E-state index contributed by atoms with van der Waals surface area (Å²) in [5.41, 5.74) is 2.76. The number of thiocarbonyl (C=S) groups is 1. The third-order valence-corrected chi connectivity index (χ3v) is 3.46. The standard InChI is InChI=1S/C15H14FN3O2S/c1-9-4-3-5-13(10(9)2)18-15(22)17-11-6-7-12(16)14(8-11)19(20)21/h3-8H,1-2H3,(H2,17,18,22). The third-order valence-electron chi connectivity index (χ3n) is 3.25. The van der Waals surface area contributed by atoms with Crippen LogP contribution in [0.2, 0.25) is 0 Å². The second-order valence-corrected chi connectivity index (χ2v) is 5.16. The molecule has 2 rings (SSSR count). The molecular formula is C15H14FN3O2S. The van der Waals surface area contributed by atoms with Gasteiger partial charge in [-0.1, -0.05) is 12.1 Å². The SMILES string of the molecule is Cc1cccc(NC(=S)Nc2ccc(F)c([N+](=O)[O-])c2)c1C. The Labute approximate surface area is 132 Å². The van der Waals surface area contributed by atoms with Gasteiger partial charge in [-0.05, 0) is 55.4 Å². The highest BCUT2D eigenvalue weighted by Gasteiger charge is 2.14. The number of hydrogen-bond acceptors (Lipinski definition) is 3. The lowest BCUT2D eigenvalue weighted by Gasteiger charge is -2.13. The van der Waals surface area contributed by atoms with E-state index in [0.29, 0.717) is 5.69 Å². The van der Waals surface area contributed by atoms with Crippen LogP contribution in [-0.4, -0.2) is 10.0 Å². The molecule has 2 aromatic carbocycles. The van der Waals surface area contributed by atoms with E-state index in [-0.39, 0.29) is 5.11 Å². The van der Waals surface area contributed by atoms with Crippen molar-refractivity contribution in [1.82, 2.24) is 0 Å². The van der Waals surface area contributed by atoms with Crippen LogP contribution in [0.3, 0.4) is 0 Å². The number of halogens is 1. The first kappa shape index (κ1) is 15.8. The van der Waals surface area contributed by atoms with Gasteiger partial charge in [-0.15, -0.1) is 0 Å². The zero-order chi connectivity index (χ0) is 16.3. The van der Waals surface area contributed by atoms with Crippen LogP contribution < -0.4 is 10.6 Å². The molecule has 22 heavy (non-hydrogen) atoms. The maximum atomic E-state index is 13.3. The van der Waals surface area contributed by atoms with Gasteiger partial charge in [-0.3, -0.25) is 10.1 Å². The lowest BCUT2D eigenvalue weighted by Crippen LogP contribution is -2.19. The summed E-state index contributed by atoms with van der Waals surface area (Å²) in [6.07, 6.45) is 0. The van der Waals surface area contributed by atoms with E-state index in [4.69, 9.17) is 12.2 Å². The van der Waals surface area contributed by atoms with Crippen molar-refractivity contribution in [3.8, 4) is 0 Å². The molecule has 2 N–H and O–H groups in total. The summed E-state index contributed by atoms with van der Waals surface area (Å²) in [6.45, 7) is 3.95. The average Bonchev–Trinajstić information content (AvgIpc) is 2.45. The molecule has 2 aromatic rings. The van der Waals surface area contributed by atoms with E-state index in [9.17, 15) is 14.5 Å². The molecule has 5 nitrogen and oxygen atoms in total. The fourth-order valence-electron chi connectivity index (χ4n) is 1.90. The number of benzene rings is 2. The number of nitrogens with zero attached hydrogens (tertiary/aromatic N) is 1. The molecule has 0 aromatic heterocycles.